The second-order valence-corrected chi connectivity index (χ2v) is 7.22. The van der Waals surface area contributed by atoms with Crippen LogP contribution in [0.15, 0.2) is 46.1 Å². The van der Waals surface area contributed by atoms with E-state index in [4.69, 9.17) is 5.26 Å². The van der Waals surface area contributed by atoms with Gasteiger partial charge in [0.15, 0.2) is 0 Å². The number of aryl methyl sites for hydroxylation is 2. The first kappa shape index (κ1) is 18.0. The second kappa shape index (κ2) is 6.97. The number of nitrogens with zero attached hydrogens (tertiary/aromatic N) is 5. The van der Waals surface area contributed by atoms with Crippen molar-refractivity contribution in [2.45, 2.75) is 25.8 Å². The van der Waals surface area contributed by atoms with Crippen molar-refractivity contribution in [1.82, 2.24) is 14.1 Å². The van der Waals surface area contributed by atoms with Crippen molar-refractivity contribution in [1.29, 1.82) is 5.26 Å². The van der Waals surface area contributed by atoms with Gasteiger partial charge in [0.1, 0.15) is 11.9 Å². The maximum Gasteiger partial charge on any atom is 0.317 e. The van der Waals surface area contributed by atoms with Gasteiger partial charge in [-0.3, -0.25) is 14.2 Å². The Bertz CT molecular complexity index is 1210. The quantitative estimate of drug-likeness (QED) is 0.641. The minimum absolute atomic E-state index is 0.0266. The van der Waals surface area contributed by atoms with Crippen LogP contribution in [-0.2, 0) is 7.05 Å². The Morgan fingerprint density at radius 3 is 2.43 bits per heavy atom. The van der Waals surface area contributed by atoms with Gasteiger partial charge in [0.05, 0.1) is 16.6 Å². The van der Waals surface area contributed by atoms with Crippen LogP contribution in [0.1, 0.15) is 30.0 Å². The largest absolute Gasteiger partial charge is 0.356 e. The van der Waals surface area contributed by atoms with Gasteiger partial charge in [0.2, 0.25) is 0 Å². The first-order chi connectivity index (χ1) is 13.5. The minimum atomic E-state index is -0.495. The third-order valence-electron chi connectivity index (χ3n) is 5.52. The number of hydrogen-bond donors (Lipinski definition) is 0. The summed E-state index contributed by atoms with van der Waals surface area (Å²) in [6, 6.07) is 11.5. The van der Waals surface area contributed by atoms with Gasteiger partial charge < -0.3 is 9.47 Å². The van der Waals surface area contributed by atoms with Crippen LogP contribution in [0.2, 0.25) is 0 Å². The molecule has 0 amide bonds. The Kier molecular flexibility index (Phi) is 4.47. The first-order valence-corrected chi connectivity index (χ1v) is 9.33. The summed E-state index contributed by atoms with van der Waals surface area (Å²) in [5.74, 6) is 0.874. The van der Waals surface area contributed by atoms with Gasteiger partial charge in [-0.05, 0) is 43.5 Å². The Morgan fingerprint density at radius 2 is 1.79 bits per heavy atom. The monoisotopic (exact) mass is 375 g/mol. The third-order valence-corrected chi connectivity index (χ3v) is 5.52. The molecule has 1 fully saturated rings. The number of nitriles is 1. The van der Waals surface area contributed by atoms with Crippen LogP contribution in [0.25, 0.3) is 11.0 Å². The zero-order chi connectivity index (χ0) is 19.8. The number of benzene rings is 1. The summed E-state index contributed by atoms with van der Waals surface area (Å²) in [7, 11) is 1.64. The molecule has 0 bridgehead atoms. The molecule has 7 nitrogen and oxygen atoms in total. The number of pyridine rings is 1. The lowest BCUT2D eigenvalue weighted by Gasteiger charge is -2.34. The van der Waals surface area contributed by atoms with Gasteiger partial charge in [-0.1, -0.05) is 12.1 Å². The normalized spacial score (nSPS) is 15.0. The molecular formula is C21H21N5O2. The van der Waals surface area contributed by atoms with Crippen molar-refractivity contribution in [2.75, 3.05) is 18.0 Å². The van der Waals surface area contributed by atoms with Crippen LogP contribution < -0.4 is 16.0 Å². The van der Waals surface area contributed by atoms with E-state index in [1.807, 2.05) is 37.3 Å². The molecule has 0 aliphatic carbocycles. The van der Waals surface area contributed by atoms with Gasteiger partial charge in [-0.2, -0.15) is 5.26 Å². The van der Waals surface area contributed by atoms with Crippen LogP contribution in [0.4, 0.5) is 5.82 Å². The third kappa shape index (κ3) is 2.87. The predicted molar refractivity (Wildman–Crippen MR) is 108 cm³/mol. The summed E-state index contributed by atoms with van der Waals surface area (Å²) < 4.78 is 3.10. The molecule has 1 aliphatic heterocycles. The molecule has 0 N–H and O–H groups in total. The van der Waals surface area contributed by atoms with Crippen molar-refractivity contribution in [2.24, 2.45) is 7.05 Å². The van der Waals surface area contributed by atoms with Crippen molar-refractivity contribution < 1.29 is 0 Å². The molecule has 0 saturated carbocycles. The number of anilines is 1. The lowest BCUT2D eigenvalue weighted by atomic mass is 10.0. The zero-order valence-corrected chi connectivity index (χ0v) is 15.9. The van der Waals surface area contributed by atoms with E-state index in [1.165, 1.54) is 4.57 Å². The summed E-state index contributed by atoms with van der Waals surface area (Å²) in [6.07, 6.45) is 3.09. The molecule has 28 heavy (non-hydrogen) atoms. The van der Waals surface area contributed by atoms with E-state index in [0.29, 0.717) is 5.56 Å². The number of piperidine rings is 1. The molecule has 1 aliphatic rings. The van der Waals surface area contributed by atoms with Crippen molar-refractivity contribution in [3.05, 3.63) is 68.4 Å². The SMILES string of the molecule is Cc1cc(C#N)cnc1N1CCC(n2c(=O)c(=O)n(C)c3ccccc32)CC1. The summed E-state index contributed by atoms with van der Waals surface area (Å²) in [5.41, 5.74) is 2.11. The molecule has 2 aromatic heterocycles. The summed E-state index contributed by atoms with van der Waals surface area (Å²) in [6.45, 7) is 3.43. The highest BCUT2D eigenvalue weighted by Crippen LogP contribution is 2.28. The highest BCUT2D eigenvalue weighted by atomic mass is 16.2. The lowest BCUT2D eigenvalue weighted by molar-refractivity contribution is 0.392. The highest BCUT2D eigenvalue weighted by Gasteiger charge is 2.25. The molecule has 0 atom stereocenters. The summed E-state index contributed by atoms with van der Waals surface area (Å²) in [4.78, 5) is 31.8. The Balaban J connectivity index is 1.66. The van der Waals surface area contributed by atoms with Crippen molar-refractivity contribution >= 4 is 16.9 Å². The van der Waals surface area contributed by atoms with Crippen LogP contribution in [0.3, 0.4) is 0 Å². The van der Waals surface area contributed by atoms with Crippen LogP contribution in [0, 0.1) is 18.3 Å². The molecule has 3 aromatic rings. The molecule has 7 heteroatoms. The Hall–Kier alpha value is -3.40. The second-order valence-electron chi connectivity index (χ2n) is 7.22. The fourth-order valence-corrected chi connectivity index (χ4v) is 4.07. The fourth-order valence-electron chi connectivity index (χ4n) is 4.07. The van der Waals surface area contributed by atoms with Crippen molar-refractivity contribution in [3.8, 4) is 6.07 Å². The van der Waals surface area contributed by atoms with E-state index in [-0.39, 0.29) is 6.04 Å². The first-order valence-electron chi connectivity index (χ1n) is 9.33. The van der Waals surface area contributed by atoms with E-state index in [9.17, 15) is 9.59 Å². The number of fused-ring (bicyclic) bond motifs is 1. The molecule has 0 spiro atoms. The molecule has 1 aromatic carbocycles. The Morgan fingerprint density at radius 1 is 1.11 bits per heavy atom. The summed E-state index contributed by atoms with van der Waals surface area (Å²) in [5, 5.41) is 9.02. The standard InChI is InChI=1S/C21H21N5O2/c1-14-11-15(12-22)13-23-19(14)25-9-7-16(8-10-25)26-18-6-4-3-5-17(18)24(2)20(27)21(26)28/h3-6,11,13,16H,7-10H2,1-2H3. The fraction of sp³-hybridized carbons (Fsp3) is 0.333. The number of para-hydroxylation sites is 2. The molecule has 4 rings (SSSR count). The van der Waals surface area contributed by atoms with E-state index in [2.05, 4.69) is 16.0 Å². The van der Waals surface area contributed by atoms with E-state index in [0.717, 1.165) is 48.3 Å². The smallest absolute Gasteiger partial charge is 0.317 e. The Labute approximate surface area is 162 Å². The number of rotatable bonds is 2. The predicted octanol–water partition coefficient (Wildman–Crippen LogP) is 2.12. The van der Waals surface area contributed by atoms with Crippen molar-refractivity contribution in [3.63, 3.8) is 0 Å². The molecule has 142 valence electrons. The van der Waals surface area contributed by atoms with E-state index >= 15 is 0 Å². The van der Waals surface area contributed by atoms with Gasteiger partial charge >= 0.3 is 11.1 Å². The maximum atomic E-state index is 12.8. The van der Waals surface area contributed by atoms with E-state index in [1.54, 1.807) is 17.8 Å². The number of hydrogen-bond acceptors (Lipinski definition) is 5. The van der Waals surface area contributed by atoms with Gasteiger partial charge in [0, 0.05) is 32.4 Å². The number of aromatic nitrogens is 3. The van der Waals surface area contributed by atoms with Gasteiger partial charge in [0.25, 0.3) is 0 Å². The van der Waals surface area contributed by atoms with Crippen LogP contribution in [-0.4, -0.2) is 27.2 Å². The molecular weight excluding hydrogens is 354 g/mol. The molecule has 1 saturated heterocycles. The average Bonchev–Trinajstić information content (AvgIpc) is 2.73. The van der Waals surface area contributed by atoms with Gasteiger partial charge in [-0.15, -0.1) is 0 Å². The maximum absolute atomic E-state index is 12.8. The summed E-state index contributed by atoms with van der Waals surface area (Å²) >= 11 is 0. The lowest BCUT2D eigenvalue weighted by Crippen LogP contribution is -2.45. The molecule has 3 heterocycles. The molecule has 0 radical (unpaired) electrons. The van der Waals surface area contributed by atoms with Gasteiger partial charge in [-0.25, -0.2) is 4.98 Å². The van der Waals surface area contributed by atoms with Crippen LogP contribution >= 0.6 is 0 Å². The highest BCUT2D eigenvalue weighted by molar-refractivity contribution is 5.75. The topological polar surface area (TPSA) is 83.9 Å². The minimum Gasteiger partial charge on any atom is -0.356 e. The van der Waals surface area contributed by atoms with E-state index < -0.39 is 11.1 Å². The average molecular weight is 375 g/mol. The zero-order valence-electron chi connectivity index (χ0n) is 15.9. The van der Waals surface area contributed by atoms with Crippen LogP contribution in [0.5, 0.6) is 0 Å². The molecule has 0 unspecified atom stereocenters.